The third-order valence-corrected chi connectivity index (χ3v) is 9.01. The minimum Gasteiger partial charge on any atom is -0.465 e. The number of carbonyl (C=O) groups is 1. The van der Waals surface area contributed by atoms with Gasteiger partial charge >= 0.3 is 18.5 Å². The van der Waals surface area contributed by atoms with Gasteiger partial charge in [-0.15, -0.1) is 13.2 Å². The number of nitrogens with two attached hydrogens (primary N) is 1. The average molecular weight is 720 g/mol. The van der Waals surface area contributed by atoms with E-state index in [1.54, 1.807) is 19.9 Å². The molecule has 17 heteroatoms. The lowest BCUT2D eigenvalue weighted by Gasteiger charge is -2.39. The van der Waals surface area contributed by atoms with Gasteiger partial charge in [0.05, 0.1) is 18.0 Å². The number of nitrogens with zero attached hydrogens (tertiary/aromatic N) is 5. The van der Waals surface area contributed by atoms with E-state index in [4.69, 9.17) is 15.2 Å². The molecule has 3 N–H and O–H groups in total. The van der Waals surface area contributed by atoms with E-state index >= 15 is 0 Å². The molecule has 0 radical (unpaired) electrons. The number of carbonyl (C=O) groups excluding carboxylic acids is 1. The highest BCUT2D eigenvalue weighted by Gasteiger charge is 2.46. The van der Waals surface area contributed by atoms with Crippen molar-refractivity contribution in [1.29, 1.82) is 0 Å². The molecule has 2 aliphatic rings. The van der Waals surface area contributed by atoms with E-state index in [9.17, 15) is 31.1 Å². The highest BCUT2D eigenvalue weighted by molar-refractivity contribution is 5.76. The second-order valence-corrected chi connectivity index (χ2v) is 12.6. The van der Waals surface area contributed by atoms with Gasteiger partial charge in [0.25, 0.3) is 0 Å². The Morgan fingerprint density at radius 3 is 2.45 bits per heavy atom. The summed E-state index contributed by atoms with van der Waals surface area (Å²) >= 11 is 0. The zero-order valence-electron chi connectivity index (χ0n) is 27.6. The number of aromatic nitrogens is 4. The molecule has 4 heterocycles. The van der Waals surface area contributed by atoms with Crippen molar-refractivity contribution in [3.05, 3.63) is 72.1 Å². The molecule has 272 valence electrons. The highest BCUT2D eigenvalue weighted by atomic mass is 19.4. The highest BCUT2D eigenvalue weighted by Crippen LogP contribution is 2.43. The van der Waals surface area contributed by atoms with Gasteiger partial charge in [0, 0.05) is 37.5 Å². The van der Waals surface area contributed by atoms with Gasteiger partial charge in [0.2, 0.25) is 17.9 Å². The van der Waals surface area contributed by atoms with Crippen molar-refractivity contribution in [2.75, 3.05) is 36.9 Å². The Hall–Kier alpha value is -5.06. The van der Waals surface area contributed by atoms with Gasteiger partial charge in [-0.2, -0.15) is 28.2 Å². The molecular weight excluding hydrogens is 684 g/mol. The van der Waals surface area contributed by atoms with E-state index in [0.29, 0.717) is 62.6 Å². The number of piperidine rings is 1. The number of ether oxygens (including phenoxy) is 3. The molecule has 4 aromatic rings. The van der Waals surface area contributed by atoms with Gasteiger partial charge in [-0.05, 0) is 73.9 Å². The summed E-state index contributed by atoms with van der Waals surface area (Å²) in [6.07, 6.45) is -8.95. The SMILES string of the molecule is CCOC(=O)C1CC2(CCN(c3cc(O[C@H](c4ccc(-c5cccc(OC(F)(F)F)c5)cc4-n4ccc(C)n4)C(F)(F)F)nc(N)n3)CC2)CN1. The maximum atomic E-state index is 14.9. The number of benzene rings is 2. The third-order valence-electron chi connectivity index (χ3n) is 9.01. The van der Waals surface area contributed by atoms with Crippen molar-refractivity contribution in [2.45, 2.75) is 57.8 Å². The fourth-order valence-electron chi connectivity index (χ4n) is 6.56. The molecule has 0 bridgehead atoms. The van der Waals surface area contributed by atoms with Gasteiger partial charge < -0.3 is 30.2 Å². The number of esters is 1. The van der Waals surface area contributed by atoms with Crippen LogP contribution < -0.4 is 25.4 Å². The zero-order chi connectivity index (χ0) is 36.6. The molecule has 2 saturated heterocycles. The Bertz CT molecular complexity index is 1870. The molecule has 0 aliphatic carbocycles. The van der Waals surface area contributed by atoms with Gasteiger partial charge in [0.15, 0.2) is 0 Å². The predicted octanol–water partition coefficient (Wildman–Crippen LogP) is 6.31. The molecule has 51 heavy (non-hydrogen) atoms. The lowest BCUT2D eigenvalue weighted by Crippen LogP contribution is -2.41. The quantitative estimate of drug-likeness (QED) is 0.150. The lowest BCUT2D eigenvalue weighted by molar-refractivity contribution is -0.274. The maximum absolute atomic E-state index is 14.9. The molecule has 6 rings (SSSR count). The van der Waals surface area contributed by atoms with Crippen LogP contribution in [0.1, 0.15) is 43.5 Å². The van der Waals surface area contributed by atoms with Crippen LogP contribution in [0.25, 0.3) is 16.8 Å². The molecule has 2 atom stereocenters. The van der Waals surface area contributed by atoms with E-state index in [2.05, 4.69) is 25.1 Å². The van der Waals surface area contributed by atoms with E-state index in [-0.39, 0.29) is 40.2 Å². The van der Waals surface area contributed by atoms with Crippen molar-refractivity contribution in [2.24, 2.45) is 5.41 Å². The van der Waals surface area contributed by atoms with E-state index in [0.717, 1.165) is 12.1 Å². The molecule has 1 spiro atoms. The van der Waals surface area contributed by atoms with Crippen molar-refractivity contribution in [1.82, 2.24) is 25.1 Å². The fraction of sp³-hybridized carbons (Fsp3) is 0.412. The first-order valence-electron chi connectivity index (χ1n) is 16.2. The summed E-state index contributed by atoms with van der Waals surface area (Å²) in [6.45, 7) is 5.36. The number of nitrogens with one attached hydrogen (secondary N) is 1. The number of anilines is 2. The molecule has 2 aliphatic heterocycles. The van der Waals surface area contributed by atoms with E-state index in [1.165, 1.54) is 47.3 Å². The maximum Gasteiger partial charge on any atom is 0.573 e. The molecule has 11 nitrogen and oxygen atoms in total. The number of aryl methyl sites for hydroxylation is 1. The molecule has 0 amide bonds. The van der Waals surface area contributed by atoms with E-state index < -0.39 is 30.3 Å². The standard InChI is InChI=1S/C34H35F6N7O4/c1-3-49-30(48)25-18-32(19-42-25)10-13-46(14-11-32)27-17-28(44-31(41)43-27)50-29(33(35,36)37)24-8-7-22(16-26(24)47-12-9-20(2)45-47)21-5-4-6-23(15-21)51-34(38,39)40/h4-9,12,15-17,25,29,42H,3,10-11,13-14,18-19H2,1-2H3,(H2,41,43,44)/t25?,29-/m1/s1. The normalized spacial score (nSPS) is 18.1. The Labute approximate surface area is 288 Å². The summed E-state index contributed by atoms with van der Waals surface area (Å²) in [5.74, 6) is -1.17. The first-order chi connectivity index (χ1) is 24.1. The van der Waals surface area contributed by atoms with Crippen LogP contribution in [0.4, 0.5) is 38.1 Å². The van der Waals surface area contributed by atoms with Crippen molar-refractivity contribution >= 4 is 17.7 Å². The summed E-state index contributed by atoms with van der Waals surface area (Å²) in [5.41, 5.74) is 6.56. The van der Waals surface area contributed by atoms with Gasteiger partial charge in [-0.25, -0.2) is 4.68 Å². The Morgan fingerprint density at radius 1 is 1.04 bits per heavy atom. The van der Waals surface area contributed by atoms with Crippen LogP contribution in [0.2, 0.25) is 0 Å². The summed E-state index contributed by atoms with van der Waals surface area (Å²) < 4.78 is 99.3. The minimum absolute atomic E-state index is 0.0278. The van der Waals surface area contributed by atoms with Gasteiger partial charge in [-0.3, -0.25) is 4.79 Å². The van der Waals surface area contributed by atoms with Gasteiger partial charge in [-0.1, -0.05) is 24.3 Å². The van der Waals surface area contributed by atoms with Crippen LogP contribution >= 0.6 is 0 Å². The lowest BCUT2D eigenvalue weighted by atomic mass is 9.76. The molecule has 2 aromatic heterocycles. The number of nitrogen functional groups attached to an aromatic ring is 1. The topological polar surface area (TPSA) is 130 Å². The van der Waals surface area contributed by atoms with Crippen LogP contribution in [0.3, 0.4) is 0 Å². The number of alkyl halides is 6. The largest absolute Gasteiger partial charge is 0.573 e. The van der Waals surface area contributed by atoms with Crippen molar-refractivity contribution in [3.63, 3.8) is 0 Å². The average Bonchev–Trinajstić information content (AvgIpc) is 3.69. The Kier molecular flexibility index (Phi) is 9.76. The summed E-state index contributed by atoms with van der Waals surface area (Å²) in [5, 5.41) is 7.54. The summed E-state index contributed by atoms with van der Waals surface area (Å²) in [6, 6.07) is 11.5. The van der Waals surface area contributed by atoms with Crippen LogP contribution in [-0.2, 0) is 9.53 Å². The molecule has 1 unspecified atom stereocenters. The Morgan fingerprint density at radius 2 is 1.78 bits per heavy atom. The zero-order valence-corrected chi connectivity index (χ0v) is 27.6. The smallest absolute Gasteiger partial charge is 0.465 e. The molecule has 2 fully saturated rings. The number of halogens is 6. The van der Waals surface area contributed by atoms with Crippen LogP contribution in [0.5, 0.6) is 11.6 Å². The summed E-state index contributed by atoms with van der Waals surface area (Å²) in [7, 11) is 0. The molecular formula is C34H35F6N7O4. The number of hydrogen-bond donors (Lipinski definition) is 2. The van der Waals surface area contributed by atoms with Crippen LogP contribution in [-0.4, -0.2) is 70.5 Å². The van der Waals surface area contributed by atoms with Crippen LogP contribution in [0, 0.1) is 12.3 Å². The van der Waals surface area contributed by atoms with Crippen molar-refractivity contribution < 1.29 is 45.3 Å². The minimum atomic E-state index is -4.96. The monoisotopic (exact) mass is 719 g/mol. The Balaban J connectivity index is 1.28. The first kappa shape index (κ1) is 35.8. The third kappa shape index (κ3) is 8.30. The second kappa shape index (κ2) is 13.9. The van der Waals surface area contributed by atoms with E-state index in [1.807, 2.05) is 4.90 Å². The fourth-order valence-corrected chi connectivity index (χ4v) is 6.56. The van der Waals surface area contributed by atoms with Crippen molar-refractivity contribution in [3.8, 4) is 28.4 Å². The second-order valence-electron chi connectivity index (χ2n) is 12.6. The molecule has 2 aromatic carbocycles. The summed E-state index contributed by atoms with van der Waals surface area (Å²) in [4.78, 5) is 22.4. The molecule has 0 saturated carbocycles. The van der Waals surface area contributed by atoms with Crippen LogP contribution in [0.15, 0.2) is 60.8 Å². The number of hydrogen-bond acceptors (Lipinski definition) is 10. The van der Waals surface area contributed by atoms with Gasteiger partial charge in [0.1, 0.15) is 17.6 Å². The number of rotatable bonds is 9. The first-order valence-corrected chi connectivity index (χ1v) is 16.2. The predicted molar refractivity (Wildman–Crippen MR) is 173 cm³/mol.